The van der Waals surface area contributed by atoms with E-state index in [1.165, 1.54) is 27.7 Å². The summed E-state index contributed by atoms with van der Waals surface area (Å²) in [5.74, 6) is -1.71. The van der Waals surface area contributed by atoms with Crippen molar-refractivity contribution in [3.05, 3.63) is 71.5 Å². The number of hydrogen-bond donors (Lipinski definition) is 1. The zero-order valence-electron chi connectivity index (χ0n) is 18.8. The van der Waals surface area contributed by atoms with E-state index in [2.05, 4.69) is 21.7 Å². The second kappa shape index (κ2) is 10.4. The number of amides is 3. The molecule has 0 bridgehead atoms. The Hall–Kier alpha value is -4.23. The number of para-hydroxylation sites is 1. The molecule has 1 aliphatic heterocycles. The van der Waals surface area contributed by atoms with Gasteiger partial charge in [-0.2, -0.15) is 5.26 Å². The van der Waals surface area contributed by atoms with Gasteiger partial charge < -0.3 is 15.1 Å². The molecule has 4 rings (SSSR count). The van der Waals surface area contributed by atoms with Gasteiger partial charge in [-0.1, -0.05) is 41.1 Å². The summed E-state index contributed by atoms with van der Waals surface area (Å²) < 4.78 is 1.41. The molecule has 0 radical (unpaired) electrons. The topological polar surface area (TPSA) is 124 Å². The third kappa shape index (κ3) is 5.47. The molecule has 1 aliphatic rings. The van der Waals surface area contributed by atoms with Gasteiger partial charge in [-0.05, 0) is 36.8 Å². The van der Waals surface area contributed by atoms with E-state index in [1.807, 2.05) is 6.07 Å². The van der Waals surface area contributed by atoms with Crippen molar-refractivity contribution in [2.45, 2.75) is 12.5 Å². The number of carbonyl (C=O) groups excluding carboxylic acids is 3. The molecule has 11 heteroatoms. The minimum atomic E-state index is -0.749. The molecule has 2 heterocycles. The lowest BCUT2D eigenvalue weighted by atomic mass is 10.1. The van der Waals surface area contributed by atoms with Crippen LogP contribution in [0.5, 0.6) is 0 Å². The Morgan fingerprint density at radius 1 is 1.20 bits per heavy atom. The summed E-state index contributed by atoms with van der Waals surface area (Å²) in [7, 11) is 1.47. The van der Waals surface area contributed by atoms with E-state index in [9.17, 15) is 19.6 Å². The Labute approximate surface area is 206 Å². The van der Waals surface area contributed by atoms with Crippen molar-refractivity contribution >= 4 is 35.0 Å². The highest BCUT2D eigenvalue weighted by Gasteiger charge is 2.39. The first-order chi connectivity index (χ1) is 16.9. The van der Waals surface area contributed by atoms with Gasteiger partial charge in [0.1, 0.15) is 6.04 Å². The average molecular weight is 492 g/mol. The van der Waals surface area contributed by atoms with Crippen molar-refractivity contribution in [1.29, 1.82) is 5.26 Å². The van der Waals surface area contributed by atoms with E-state index in [1.54, 1.807) is 48.5 Å². The molecular formula is C24H22ClN7O3. The van der Waals surface area contributed by atoms with E-state index in [0.29, 0.717) is 16.4 Å². The van der Waals surface area contributed by atoms with Crippen LogP contribution < -0.4 is 5.32 Å². The average Bonchev–Trinajstić information content (AvgIpc) is 3.52. The first-order valence-electron chi connectivity index (χ1n) is 10.8. The van der Waals surface area contributed by atoms with Crippen molar-refractivity contribution in [1.82, 2.24) is 24.8 Å². The van der Waals surface area contributed by atoms with Crippen LogP contribution in [0, 0.1) is 17.2 Å². The maximum atomic E-state index is 12.9. The molecule has 2 unspecified atom stereocenters. The van der Waals surface area contributed by atoms with Crippen LogP contribution in [0.2, 0.25) is 5.02 Å². The van der Waals surface area contributed by atoms with E-state index < -0.39 is 23.8 Å². The second-order valence-corrected chi connectivity index (χ2v) is 8.60. The van der Waals surface area contributed by atoms with Gasteiger partial charge >= 0.3 is 0 Å². The highest BCUT2D eigenvalue weighted by molar-refractivity contribution is 6.30. The third-order valence-electron chi connectivity index (χ3n) is 5.69. The second-order valence-electron chi connectivity index (χ2n) is 8.17. The molecule has 1 N–H and O–H groups in total. The molecule has 2 atom stereocenters. The predicted molar refractivity (Wildman–Crippen MR) is 128 cm³/mol. The summed E-state index contributed by atoms with van der Waals surface area (Å²) >= 11 is 6.00. The van der Waals surface area contributed by atoms with Gasteiger partial charge in [0.2, 0.25) is 11.8 Å². The fraction of sp³-hybridized carbons (Fsp3) is 0.250. The molecule has 1 aromatic heterocycles. The number of nitrogens with one attached hydrogen (secondary N) is 1. The molecule has 0 aliphatic carbocycles. The van der Waals surface area contributed by atoms with Crippen LogP contribution in [-0.4, -0.2) is 68.7 Å². The van der Waals surface area contributed by atoms with Crippen LogP contribution in [0.3, 0.4) is 0 Å². The standard InChI is InChI=1S/C24H22ClN7O3/c1-30(24(35)21-14-32(29-28-21)19-9-5-6-17(25)11-19)15-22(33)31-13-16(10-20(31)12-26)23(34)27-18-7-3-2-4-8-18/h2-9,11,14,16,20H,10,13,15H2,1H3,(H,27,34). The monoisotopic (exact) mass is 491 g/mol. The van der Waals surface area contributed by atoms with Gasteiger partial charge in [-0.25, -0.2) is 4.68 Å². The number of likely N-dealkylation sites (N-methyl/N-ethyl adjacent to an activating group) is 1. The number of likely N-dealkylation sites (tertiary alicyclic amines) is 1. The number of nitrogens with zero attached hydrogens (tertiary/aromatic N) is 6. The van der Waals surface area contributed by atoms with Gasteiger partial charge in [0, 0.05) is 24.3 Å². The fourth-order valence-corrected chi connectivity index (χ4v) is 4.04. The Bertz CT molecular complexity index is 1290. The number of hydrogen-bond acceptors (Lipinski definition) is 6. The largest absolute Gasteiger partial charge is 0.331 e. The van der Waals surface area contributed by atoms with Crippen LogP contribution in [-0.2, 0) is 9.59 Å². The summed E-state index contributed by atoms with van der Waals surface area (Å²) in [6.45, 7) is -0.170. The summed E-state index contributed by atoms with van der Waals surface area (Å²) in [5.41, 5.74) is 1.34. The highest BCUT2D eigenvalue weighted by atomic mass is 35.5. The first-order valence-corrected chi connectivity index (χ1v) is 11.2. The van der Waals surface area contributed by atoms with Crippen LogP contribution in [0.25, 0.3) is 5.69 Å². The Balaban J connectivity index is 1.38. The molecule has 3 amide bonds. The third-order valence-corrected chi connectivity index (χ3v) is 5.92. The molecule has 2 aromatic carbocycles. The van der Waals surface area contributed by atoms with Gasteiger partial charge in [-0.15, -0.1) is 5.10 Å². The predicted octanol–water partition coefficient (Wildman–Crippen LogP) is 2.37. The molecule has 35 heavy (non-hydrogen) atoms. The van der Waals surface area contributed by atoms with Crippen LogP contribution in [0.15, 0.2) is 60.8 Å². The molecule has 3 aromatic rings. The van der Waals surface area contributed by atoms with Crippen LogP contribution in [0.4, 0.5) is 5.69 Å². The summed E-state index contributed by atoms with van der Waals surface area (Å²) in [6.07, 6.45) is 1.68. The Kier molecular flexibility index (Phi) is 7.08. The molecule has 1 fully saturated rings. The summed E-state index contributed by atoms with van der Waals surface area (Å²) in [5, 5.41) is 20.7. The lowest BCUT2D eigenvalue weighted by Gasteiger charge is -2.23. The van der Waals surface area contributed by atoms with Crippen LogP contribution in [0.1, 0.15) is 16.9 Å². The van der Waals surface area contributed by atoms with Crippen molar-refractivity contribution in [3.63, 3.8) is 0 Å². The normalized spacial score (nSPS) is 17.0. The smallest absolute Gasteiger partial charge is 0.276 e. The van der Waals surface area contributed by atoms with Gasteiger partial charge in [0.25, 0.3) is 5.91 Å². The number of nitriles is 1. The number of halogens is 1. The van der Waals surface area contributed by atoms with Gasteiger partial charge in [0.05, 0.1) is 30.4 Å². The minimum absolute atomic E-state index is 0.0543. The number of benzene rings is 2. The number of anilines is 1. The molecular weight excluding hydrogens is 470 g/mol. The van der Waals surface area contributed by atoms with Crippen molar-refractivity contribution in [2.24, 2.45) is 5.92 Å². The van der Waals surface area contributed by atoms with Gasteiger partial charge in [-0.3, -0.25) is 14.4 Å². The molecule has 0 spiro atoms. The lowest BCUT2D eigenvalue weighted by Crippen LogP contribution is -2.43. The molecule has 178 valence electrons. The first kappa shape index (κ1) is 23.9. The number of carbonyl (C=O) groups is 3. The Morgan fingerprint density at radius 3 is 2.69 bits per heavy atom. The van der Waals surface area contributed by atoms with E-state index in [0.717, 1.165) is 0 Å². The SMILES string of the molecule is CN(CC(=O)N1CC(C(=O)Nc2ccccc2)CC1C#N)C(=O)c1cn(-c2cccc(Cl)c2)nn1. The van der Waals surface area contributed by atoms with E-state index >= 15 is 0 Å². The van der Waals surface area contributed by atoms with Crippen molar-refractivity contribution < 1.29 is 14.4 Å². The highest BCUT2D eigenvalue weighted by Crippen LogP contribution is 2.25. The maximum Gasteiger partial charge on any atom is 0.276 e. The van der Waals surface area contributed by atoms with Gasteiger partial charge in [0.15, 0.2) is 5.69 Å². The quantitative estimate of drug-likeness (QED) is 0.564. The van der Waals surface area contributed by atoms with Crippen molar-refractivity contribution in [3.8, 4) is 11.8 Å². The van der Waals surface area contributed by atoms with E-state index in [-0.39, 0.29) is 31.1 Å². The fourth-order valence-electron chi connectivity index (χ4n) is 3.86. The molecule has 0 saturated carbocycles. The Morgan fingerprint density at radius 2 is 1.97 bits per heavy atom. The summed E-state index contributed by atoms with van der Waals surface area (Å²) in [4.78, 5) is 41.0. The lowest BCUT2D eigenvalue weighted by molar-refractivity contribution is -0.131. The minimum Gasteiger partial charge on any atom is -0.331 e. The molecule has 10 nitrogen and oxygen atoms in total. The van der Waals surface area contributed by atoms with Crippen molar-refractivity contribution in [2.75, 3.05) is 25.5 Å². The number of aromatic nitrogens is 3. The zero-order valence-corrected chi connectivity index (χ0v) is 19.6. The summed E-state index contributed by atoms with van der Waals surface area (Å²) in [6, 6.07) is 17.2. The van der Waals surface area contributed by atoms with Crippen LogP contribution >= 0.6 is 11.6 Å². The maximum absolute atomic E-state index is 12.9. The zero-order chi connectivity index (χ0) is 24.9. The van der Waals surface area contributed by atoms with E-state index in [4.69, 9.17) is 11.6 Å². The number of rotatable bonds is 6. The molecule has 1 saturated heterocycles.